The molecule has 1 heteroatoms. The van der Waals surface area contributed by atoms with Crippen molar-refractivity contribution in [1.82, 2.24) is 0 Å². The second kappa shape index (κ2) is 10.8. The molecule has 0 unspecified atom stereocenters. The minimum Gasteiger partial charge on any atom is -0.310 e. The molecule has 1 nitrogen and oxygen atoms in total. The molecule has 0 aliphatic heterocycles. The molecule has 0 atom stereocenters. The molecule has 6 aromatic rings. The normalized spacial score (nSPS) is 15.0. The zero-order chi connectivity index (χ0) is 34.5. The highest BCUT2D eigenvalue weighted by Crippen LogP contribution is 2.53. The molecule has 0 fully saturated rings. The Morgan fingerprint density at radius 3 is 1.33 bits per heavy atom. The predicted molar refractivity (Wildman–Crippen MR) is 210 cm³/mol. The second-order valence-electron chi connectivity index (χ2n) is 16.4. The van der Waals surface area contributed by atoms with Crippen LogP contribution in [0.2, 0.25) is 0 Å². The lowest BCUT2D eigenvalue weighted by Crippen LogP contribution is -2.18. The van der Waals surface area contributed by atoms with E-state index in [1.54, 1.807) is 0 Å². The molecule has 0 saturated carbocycles. The molecule has 0 N–H and O–H groups in total. The van der Waals surface area contributed by atoms with E-state index in [4.69, 9.17) is 0 Å². The third-order valence-electron chi connectivity index (χ3n) is 11.4. The summed E-state index contributed by atoms with van der Waals surface area (Å²) in [6, 6.07) is 46.0. The largest absolute Gasteiger partial charge is 0.310 e. The molecule has 244 valence electrons. The van der Waals surface area contributed by atoms with Crippen LogP contribution in [-0.2, 0) is 16.2 Å². The van der Waals surface area contributed by atoms with Gasteiger partial charge in [-0.25, -0.2) is 0 Å². The van der Waals surface area contributed by atoms with Crippen molar-refractivity contribution in [2.45, 2.75) is 78.6 Å². The Morgan fingerprint density at radius 1 is 0.449 bits per heavy atom. The quantitative estimate of drug-likeness (QED) is 0.186. The van der Waals surface area contributed by atoms with E-state index in [0.717, 1.165) is 0 Å². The van der Waals surface area contributed by atoms with Crippen molar-refractivity contribution < 1.29 is 0 Å². The van der Waals surface area contributed by atoms with E-state index in [2.05, 4.69) is 189 Å². The molecule has 0 bridgehead atoms. The Morgan fingerprint density at radius 2 is 0.878 bits per heavy atom. The first-order chi connectivity index (χ1) is 23.3. The summed E-state index contributed by atoms with van der Waals surface area (Å²) in [6.07, 6.45) is 0. The molecule has 0 saturated heterocycles. The highest BCUT2D eigenvalue weighted by Gasteiger charge is 2.38. The van der Waals surface area contributed by atoms with Gasteiger partial charge in [0.25, 0.3) is 0 Å². The van der Waals surface area contributed by atoms with Gasteiger partial charge in [0.05, 0.1) is 5.69 Å². The monoisotopic (exact) mass is 637 g/mol. The number of aryl methyl sites for hydroxylation is 2. The van der Waals surface area contributed by atoms with Crippen LogP contribution in [0.1, 0.15) is 87.4 Å². The Labute approximate surface area is 293 Å². The maximum Gasteiger partial charge on any atom is 0.0520 e. The molecular weight excluding hydrogens is 591 g/mol. The Kier molecular flexibility index (Phi) is 6.93. The molecule has 8 rings (SSSR count). The van der Waals surface area contributed by atoms with Crippen LogP contribution in [-0.4, -0.2) is 0 Å². The fourth-order valence-corrected chi connectivity index (χ4v) is 8.71. The van der Waals surface area contributed by atoms with Crippen molar-refractivity contribution in [2.24, 2.45) is 0 Å². The van der Waals surface area contributed by atoms with Gasteiger partial charge >= 0.3 is 0 Å². The van der Waals surface area contributed by atoms with Crippen LogP contribution in [0.5, 0.6) is 0 Å². The molecule has 6 aromatic carbocycles. The van der Waals surface area contributed by atoms with Crippen LogP contribution in [0.15, 0.2) is 121 Å². The summed E-state index contributed by atoms with van der Waals surface area (Å²) in [5, 5.41) is 0. The fraction of sp³-hybridized carbons (Fsp3) is 0.250. The van der Waals surface area contributed by atoms with Gasteiger partial charge in [-0.1, -0.05) is 133 Å². The van der Waals surface area contributed by atoms with Gasteiger partial charge in [-0.15, -0.1) is 0 Å². The topological polar surface area (TPSA) is 3.24 Å². The first-order valence-corrected chi connectivity index (χ1v) is 17.8. The SMILES string of the molecule is Cc1cc(-c2ccc(C(C)(C)C)cc2)cc(C)c1N(c1ccc2c(c1)C(C)(C)c1ccccc1-2)c1ccc2c(c1)C(C)(C)c1ccccc1-2. The summed E-state index contributed by atoms with van der Waals surface area (Å²) in [4.78, 5) is 2.52. The van der Waals surface area contributed by atoms with E-state index in [0.29, 0.717) is 0 Å². The number of rotatable bonds is 4. The maximum atomic E-state index is 2.52. The summed E-state index contributed by atoms with van der Waals surface area (Å²) in [6.45, 7) is 20.9. The molecular formula is C48H47N. The van der Waals surface area contributed by atoms with E-state index in [1.807, 2.05) is 0 Å². The van der Waals surface area contributed by atoms with Crippen molar-refractivity contribution in [2.75, 3.05) is 4.90 Å². The number of fused-ring (bicyclic) bond motifs is 6. The minimum absolute atomic E-state index is 0.0810. The van der Waals surface area contributed by atoms with Crippen LogP contribution < -0.4 is 4.90 Å². The molecule has 49 heavy (non-hydrogen) atoms. The van der Waals surface area contributed by atoms with Gasteiger partial charge in [-0.05, 0) is 128 Å². The lowest BCUT2D eigenvalue weighted by atomic mass is 9.82. The molecule has 0 spiro atoms. The number of nitrogens with zero attached hydrogens (tertiary/aromatic N) is 1. The van der Waals surface area contributed by atoms with Crippen LogP contribution in [0.25, 0.3) is 33.4 Å². The van der Waals surface area contributed by atoms with E-state index in [-0.39, 0.29) is 16.2 Å². The van der Waals surface area contributed by atoms with Crippen molar-refractivity contribution in [3.8, 4) is 33.4 Å². The molecule has 0 amide bonds. The lowest BCUT2D eigenvalue weighted by Gasteiger charge is -2.32. The first kappa shape index (κ1) is 31.4. The van der Waals surface area contributed by atoms with Crippen LogP contribution in [0, 0.1) is 13.8 Å². The molecule has 2 aliphatic carbocycles. The van der Waals surface area contributed by atoms with Gasteiger partial charge in [-0.2, -0.15) is 0 Å². The predicted octanol–water partition coefficient (Wildman–Crippen LogP) is 13.4. The minimum atomic E-state index is -0.0810. The van der Waals surface area contributed by atoms with Gasteiger partial charge in [0.1, 0.15) is 0 Å². The van der Waals surface area contributed by atoms with E-state index < -0.39 is 0 Å². The number of anilines is 3. The van der Waals surface area contributed by atoms with E-state index in [1.165, 1.54) is 89.4 Å². The van der Waals surface area contributed by atoms with Gasteiger partial charge in [-0.3, -0.25) is 0 Å². The zero-order valence-corrected chi connectivity index (χ0v) is 30.5. The van der Waals surface area contributed by atoms with Gasteiger partial charge in [0, 0.05) is 22.2 Å². The summed E-state index contributed by atoms with van der Waals surface area (Å²) in [5.41, 5.74) is 21.0. The Balaban J connectivity index is 1.31. The summed E-state index contributed by atoms with van der Waals surface area (Å²) in [5.74, 6) is 0. The van der Waals surface area contributed by atoms with Crippen molar-refractivity contribution in [1.29, 1.82) is 0 Å². The fourth-order valence-electron chi connectivity index (χ4n) is 8.71. The maximum absolute atomic E-state index is 2.52. The summed E-state index contributed by atoms with van der Waals surface area (Å²) < 4.78 is 0. The third-order valence-corrected chi connectivity index (χ3v) is 11.4. The van der Waals surface area contributed by atoms with Gasteiger partial charge < -0.3 is 4.90 Å². The van der Waals surface area contributed by atoms with Crippen LogP contribution in [0.3, 0.4) is 0 Å². The number of benzene rings is 6. The van der Waals surface area contributed by atoms with Gasteiger partial charge in [0.15, 0.2) is 0 Å². The Bertz CT molecular complexity index is 2140. The third kappa shape index (κ3) is 4.81. The number of hydrogen-bond donors (Lipinski definition) is 0. The summed E-state index contributed by atoms with van der Waals surface area (Å²) in [7, 11) is 0. The molecule has 0 heterocycles. The van der Waals surface area contributed by atoms with Crippen molar-refractivity contribution >= 4 is 17.1 Å². The average Bonchev–Trinajstić information content (AvgIpc) is 3.45. The van der Waals surface area contributed by atoms with Gasteiger partial charge in [0.2, 0.25) is 0 Å². The van der Waals surface area contributed by atoms with Crippen LogP contribution >= 0.6 is 0 Å². The lowest BCUT2D eigenvalue weighted by molar-refractivity contribution is 0.590. The molecule has 0 aromatic heterocycles. The average molecular weight is 638 g/mol. The summed E-state index contributed by atoms with van der Waals surface area (Å²) >= 11 is 0. The standard InChI is InChI=1S/C48H47N/c1-30-26-33(32-18-20-34(21-19-32)46(3,4)5)27-31(2)45(30)49(35-22-24-39-37-14-10-12-16-41(37)47(6,7)43(39)28-35)36-23-25-40-38-15-11-13-17-42(38)48(8,9)44(40)29-36/h10-29H,1-9H3. The Hall–Kier alpha value is -4.88. The molecule has 0 radical (unpaired) electrons. The van der Waals surface area contributed by atoms with Crippen LogP contribution in [0.4, 0.5) is 17.1 Å². The second-order valence-corrected chi connectivity index (χ2v) is 16.4. The highest BCUT2D eigenvalue weighted by atomic mass is 15.1. The van der Waals surface area contributed by atoms with E-state index >= 15 is 0 Å². The van der Waals surface area contributed by atoms with Crippen molar-refractivity contribution in [3.05, 3.63) is 160 Å². The number of hydrogen-bond acceptors (Lipinski definition) is 1. The van der Waals surface area contributed by atoms with E-state index in [9.17, 15) is 0 Å². The smallest absolute Gasteiger partial charge is 0.0520 e. The highest BCUT2D eigenvalue weighted by molar-refractivity contribution is 5.90. The first-order valence-electron chi connectivity index (χ1n) is 17.8. The molecule has 2 aliphatic rings. The zero-order valence-electron chi connectivity index (χ0n) is 30.5. The van der Waals surface area contributed by atoms with Crippen molar-refractivity contribution in [3.63, 3.8) is 0 Å².